The van der Waals surface area contributed by atoms with Crippen LogP contribution in [0, 0.1) is 0 Å². The molecule has 126 valence electrons. The van der Waals surface area contributed by atoms with Gasteiger partial charge in [-0.05, 0) is 55.4 Å². The Balaban J connectivity index is 3.64. The molecule has 1 unspecified atom stereocenters. The van der Waals surface area contributed by atoms with Crippen LogP contribution in [0.15, 0.2) is 18.2 Å². The molecule has 0 aliphatic rings. The number of rotatable bonds is 4. The normalized spacial score (nSPS) is 16.5. The Hall–Kier alpha value is -1.07. The topological polar surface area (TPSA) is 40.5 Å². The van der Waals surface area contributed by atoms with Crippen molar-refractivity contribution in [3.8, 4) is 0 Å². The summed E-state index contributed by atoms with van der Waals surface area (Å²) in [4.78, 5) is 0. The zero-order chi connectivity index (χ0) is 17.6. The second-order valence-corrected chi connectivity index (χ2v) is 7.17. The molecule has 0 saturated heterocycles. The molecule has 1 aromatic rings. The first-order chi connectivity index (χ1) is 9.63. The molecule has 0 aliphatic carbocycles. The van der Waals surface area contributed by atoms with E-state index < -0.39 is 17.4 Å². The van der Waals surface area contributed by atoms with Gasteiger partial charge < -0.3 is 10.2 Å². The van der Waals surface area contributed by atoms with Crippen LogP contribution in [-0.4, -0.2) is 16.4 Å². The lowest BCUT2D eigenvalue weighted by atomic mass is 9.77. The van der Waals surface area contributed by atoms with E-state index in [4.69, 9.17) is 0 Å². The standard InChI is InChI=1S/C17H25F3O2/c1-7-14(2,3)11-8-12(15(4,5)21)10-13(9-11)16(6,22)17(18,19)20/h8-10,21-22H,7H2,1-6H3. The summed E-state index contributed by atoms with van der Waals surface area (Å²) >= 11 is 0. The molecule has 2 nitrogen and oxygen atoms in total. The van der Waals surface area contributed by atoms with E-state index in [9.17, 15) is 23.4 Å². The van der Waals surface area contributed by atoms with Crippen molar-refractivity contribution >= 4 is 0 Å². The summed E-state index contributed by atoms with van der Waals surface area (Å²) in [6.07, 6.45) is -4.07. The molecule has 5 heteroatoms. The molecule has 0 bridgehead atoms. The molecule has 1 rings (SSSR count). The van der Waals surface area contributed by atoms with E-state index in [1.807, 2.05) is 20.8 Å². The monoisotopic (exact) mass is 318 g/mol. The van der Waals surface area contributed by atoms with Gasteiger partial charge >= 0.3 is 6.18 Å². The van der Waals surface area contributed by atoms with Gasteiger partial charge in [0.25, 0.3) is 0 Å². The molecule has 22 heavy (non-hydrogen) atoms. The highest BCUT2D eigenvalue weighted by atomic mass is 19.4. The highest BCUT2D eigenvalue weighted by Crippen LogP contribution is 2.41. The fourth-order valence-electron chi connectivity index (χ4n) is 2.02. The van der Waals surface area contributed by atoms with E-state index in [1.54, 1.807) is 6.07 Å². The third kappa shape index (κ3) is 3.63. The quantitative estimate of drug-likeness (QED) is 0.865. The number of aliphatic hydroxyl groups is 2. The molecule has 2 N–H and O–H groups in total. The first kappa shape index (κ1) is 19.0. The van der Waals surface area contributed by atoms with Crippen LogP contribution in [-0.2, 0) is 16.6 Å². The van der Waals surface area contributed by atoms with Gasteiger partial charge in [0.05, 0.1) is 5.60 Å². The van der Waals surface area contributed by atoms with Crippen molar-refractivity contribution in [1.29, 1.82) is 0 Å². The van der Waals surface area contributed by atoms with Crippen LogP contribution in [0.3, 0.4) is 0 Å². The van der Waals surface area contributed by atoms with Crippen molar-refractivity contribution in [1.82, 2.24) is 0 Å². The molecule has 1 atom stereocenters. The third-order valence-electron chi connectivity index (χ3n) is 4.42. The van der Waals surface area contributed by atoms with Gasteiger partial charge in [0, 0.05) is 0 Å². The molecule has 0 saturated carbocycles. The maximum atomic E-state index is 13.1. The van der Waals surface area contributed by atoms with Gasteiger partial charge in [-0.1, -0.05) is 32.9 Å². The average molecular weight is 318 g/mol. The number of alkyl halides is 3. The SMILES string of the molecule is CCC(C)(C)c1cc(C(C)(C)O)cc(C(C)(O)C(F)(F)F)c1. The Kier molecular flexibility index (Phi) is 4.77. The van der Waals surface area contributed by atoms with Gasteiger partial charge in [0.15, 0.2) is 5.60 Å². The molecule has 1 aromatic carbocycles. The van der Waals surface area contributed by atoms with Crippen molar-refractivity contribution in [3.63, 3.8) is 0 Å². The zero-order valence-corrected chi connectivity index (χ0v) is 14.0. The summed E-state index contributed by atoms with van der Waals surface area (Å²) in [6.45, 7) is 9.54. The third-order valence-corrected chi connectivity index (χ3v) is 4.42. The van der Waals surface area contributed by atoms with E-state index in [2.05, 4.69) is 0 Å². The van der Waals surface area contributed by atoms with E-state index in [0.29, 0.717) is 11.1 Å². The second kappa shape index (κ2) is 5.53. The molecule has 0 fully saturated rings. The predicted octanol–water partition coefficient (Wildman–Crippen LogP) is 4.37. The minimum Gasteiger partial charge on any atom is -0.386 e. The van der Waals surface area contributed by atoms with Crippen LogP contribution in [0.5, 0.6) is 0 Å². The first-order valence-electron chi connectivity index (χ1n) is 7.31. The van der Waals surface area contributed by atoms with Crippen molar-refractivity contribution in [2.75, 3.05) is 0 Å². The van der Waals surface area contributed by atoms with Crippen molar-refractivity contribution < 1.29 is 23.4 Å². The number of benzene rings is 1. The second-order valence-electron chi connectivity index (χ2n) is 7.17. The van der Waals surface area contributed by atoms with Crippen molar-refractivity contribution in [2.45, 2.75) is 70.8 Å². The Morgan fingerprint density at radius 3 is 1.59 bits per heavy atom. The average Bonchev–Trinajstić information content (AvgIpc) is 2.35. The van der Waals surface area contributed by atoms with Gasteiger partial charge in [-0.3, -0.25) is 0 Å². The molecule has 0 amide bonds. The summed E-state index contributed by atoms with van der Waals surface area (Å²) in [7, 11) is 0. The molecular formula is C17H25F3O2. The molecule has 0 spiro atoms. The zero-order valence-electron chi connectivity index (χ0n) is 14.0. The summed E-state index contributed by atoms with van der Waals surface area (Å²) in [5, 5.41) is 20.2. The molecule has 0 heterocycles. The van der Waals surface area contributed by atoms with Gasteiger partial charge in [-0.2, -0.15) is 13.2 Å². The van der Waals surface area contributed by atoms with Crippen molar-refractivity contribution in [2.24, 2.45) is 0 Å². The highest BCUT2D eigenvalue weighted by Gasteiger charge is 2.51. The lowest BCUT2D eigenvalue weighted by Crippen LogP contribution is -2.40. The predicted molar refractivity (Wildman–Crippen MR) is 80.6 cm³/mol. The summed E-state index contributed by atoms with van der Waals surface area (Å²) in [6, 6.07) is 4.31. The van der Waals surface area contributed by atoms with Crippen LogP contribution in [0.2, 0.25) is 0 Å². The van der Waals surface area contributed by atoms with Gasteiger partial charge in [0.2, 0.25) is 0 Å². The van der Waals surface area contributed by atoms with Crippen LogP contribution >= 0.6 is 0 Å². The molecular weight excluding hydrogens is 293 g/mol. The van der Waals surface area contributed by atoms with Crippen LogP contribution in [0.25, 0.3) is 0 Å². The largest absolute Gasteiger partial charge is 0.421 e. The minimum absolute atomic E-state index is 0.254. The fourth-order valence-corrected chi connectivity index (χ4v) is 2.02. The van der Waals surface area contributed by atoms with Crippen molar-refractivity contribution in [3.05, 3.63) is 34.9 Å². The van der Waals surface area contributed by atoms with E-state index in [0.717, 1.165) is 13.3 Å². The van der Waals surface area contributed by atoms with Gasteiger partial charge in [-0.15, -0.1) is 0 Å². The highest BCUT2D eigenvalue weighted by molar-refractivity contribution is 5.39. The lowest BCUT2D eigenvalue weighted by Gasteiger charge is -2.32. The van der Waals surface area contributed by atoms with Gasteiger partial charge in [-0.25, -0.2) is 0 Å². The maximum Gasteiger partial charge on any atom is 0.421 e. The summed E-state index contributed by atoms with van der Waals surface area (Å²) in [5.41, 5.74) is -3.86. The summed E-state index contributed by atoms with van der Waals surface area (Å²) < 4.78 is 39.4. The van der Waals surface area contributed by atoms with Crippen LogP contribution in [0.1, 0.15) is 64.7 Å². The minimum atomic E-state index is -4.79. The van der Waals surface area contributed by atoms with Crippen LogP contribution in [0.4, 0.5) is 13.2 Å². The van der Waals surface area contributed by atoms with E-state index in [-0.39, 0.29) is 11.0 Å². The number of halogens is 3. The Labute approximate surface area is 130 Å². The number of hydrogen-bond donors (Lipinski definition) is 2. The number of hydrogen-bond acceptors (Lipinski definition) is 2. The van der Waals surface area contributed by atoms with E-state index in [1.165, 1.54) is 26.0 Å². The Morgan fingerprint density at radius 1 is 0.818 bits per heavy atom. The maximum absolute atomic E-state index is 13.1. The Bertz CT molecular complexity index is 538. The molecule has 0 aliphatic heterocycles. The van der Waals surface area contributed by atoms with Gasteiger partial charge in [0.1, 0.15) is 0 Å². The van der Waals surface area contributed by atoms with E-state index >= 15 is 0 Å². The van der Waals surface area contributed by atoms with Crippen LogP contribution < -0.4 is 0 Å². The molecule has 0 aromatic heterocycles. The lowest BCUT2D eigenvalue weighted by molar-refractivity contribution is -0.259. The smallest absolute Gasteiger partial charge is 0.386 e. The Morgan fingerprint density at radius 2 is 1.23 bits per heavy atom. The fraction of sp³-hybridized carbons (Fsp3) is 0.647. The first-order valence-corrected chi connectivity index (χ1v) is 7.31. The molecule has 0 radical (unpaired) electrons. The summed E-state index contributed by atoms with van der Waals surface area (Å²) in [5.74, 6) is 0.